The predicted molar refractivity (Wildman–Crippen MR) is 60.7 cm³/mol. The Bertz CT molecular complexity index is 278. The van der Waals surface area contributed by atoms with E-state index >= 15 is 0 Å². The first-order valence-electron chi connectivity index (χ1n) is 4.12. The standard InChI is InChI=1S/C9H11Cl2NS/c1-2-5-13-6-8-7(10)3-4-9(11)12-8/h3-4H,2,5-6H2,1H3. The maximum Gasteiger partial charge on any atom is 0.129 e. The fourth-order valence-corrected chi connectivity index (χ4v) is 2.13. The third-order valence-electron chi connectivity index (χ3n) is 1.47. The van der Waals surface area contributed by atoms with E-state index in [1.54, 1.807) is 12.1 Å². The van der Waals surface area contributed by atoms with Crippen molar-refractivity contribution in [3.8, 4) is 0 Å². The highest BCUT2D eigenvalue weighted by Crippen LogP contribution is 2.21. The largest absolute Gasteiger partial charge is 0.239 e. The molecule has 0 saturated carbocycles. The Morgan fingerprint density at radius 2 is 2.15 bits per heavy atom. The molecule has 1 rings (SSSR count). The normalized spacial score (nSPS) is 10.4. The van der Waals surface area contributed by atoms with Gasteiger partial charge in [-0.1, -0.05) is 30.1 Å². The van der Waals surface area contributed by atoms with E-state index in [-0.39, 0.29) is 0 Å². The van der Waals surface area contributed by atoms with E-state index in [1.807, 2.05) is 11.8 Å². The van der Waals surface area contributed by atoms with E-state index in [2.05, 4.69) is 11.9 Å². The number of thioether (sulfide) groups is 1. The Morgan fingerprint density at radius 3 is 2.85 bits per heavy atom. The molecule has 0 bridgehead atoms. The molecule has 72 valence electrons. The highest BCUT2D eigenvalue weighted by Gasteiger charge is 2.02. The van der Waals surface area contributed by atoms with Crippen LogP contribution in [0.2, 0.25) is 10.2 Å². The molecule has 4 heteroatoms. The number of nitrogens with zero attached hydrogens (tertiary/aromatic N) is 1. The van der Waals surface area contributed by atoms with Crippen molar-refractivity contribution in [1.29, 1.82) is 0 Å². The third kappa shape index (κ3) is 3.75. The third-order valence-corrected chi connectivity index (χ3v) is 3.20. The molecule has 0 atom stereocenters. The first kappa shape index (κ1) is 11.2. The van der Waals surface area contributed by atoms with Gasteiger partial charge in [-0.3, -0.25) is 0 Å². The van der Waals surface area contributed by atoms with Crippen molar-refractivity contribution in [3.05, 3.63) is 28.0 Å². The quantitative estimate of drug-likeness (QED) is 0.578. The van der Waals surface area contributed by atoms with Crippen molar-refractivity contribution >= 4 is 35.0 Å². The molecule has 1 aromatic rings. The monoisotopic (exact) mass is 235 g/mol. The van der Waals surface area contributed by atoms with Gasteiger partial charge >= 0.3 is 0 Å². The summed E-state index contributed by atoms with van der Waals surface area (Å²) in [5, 5.41) is 1.21. The zero-order valence-electron chi connectivity index (χ0n) is 7.39. The fraction of sp³-hybridized carbons (Fsp3) is 0.444. The van der Waals surface area contributed by atoms with Gasteiger partial charge in [-0.15, -0.1) is 0 Å². The van der Waals surface area contributed by atoms with Crippen LogP contribution in [-0.2, 0) is 5.75 Å². The maximum absolute atomic E-state index is 5.94. The Morgan fingerprint density at radius 1 is 1.38 bits per heavy atom. The highest BCUT2D eigenvalue weighted by atomic mass is 35.5. The van der Waals surface area contributed by atoms with E-state index in [9.17, 15) is 0 Å². The molecule has 0 fully saturated rings. The van der Waals surface area contributed by atoms with Crippen LogP contribution >= 0.6 is 35.0 Å². The van der Waals surface area contributed by atoms with Crippen LogP contribution in [0.4, 0.5) is 0 Å². The lowest BCUT2D eigenvalue weighted by atomic mass is 10.4. The van der Waals surface area contributed by atoms with Crippen LogP contribution in [0.3, 0.4) is 0 Å². The maximum atomic E-state index is 5.94. The van der Waals surface area contributed by atoms with Gasteiger partial charge in [0, 0.05) is 5.75 Å². The van der Waals surface area contributed by atoms with Gasteiger partial charge in [0.05, 0.1) is 10.7 Å². The van der Waals surface area contributed by atoms with Crippen LogP contribution in [0, 0.1) is 0 Å². The molecule has 0 aliphatic carbocycles. The molecule has 0 radical (unpaired) electrons. The van der Waals surface area contributed by atoms with Crippen LogP contribution in [0.1, 0.15) is 19.0 Å². The first-order chi connectivity index (χ1) is 6.24. The van der Waals surface area contributed by atoms with Gasteiger partial charge in [0.15, 0.2) is 0 Å². The lowest BCUT2D eigenvalue weighted by Crippen LogP contribution is -1.89. The number of pyridine rings is 1. The molecule has 0 N–H and O–H groups in total. The molecule has 0 aliphatic heterocycles. The molecule has 0 aromatic carbocycles. The average molecular weight is 236 g/mol. The van der Waals surface area contributed by atoms with Crippen molar-refractivity contribution in [2.45, 2.75) is 19.1 Å². The number of hydrogen-bond donors (Lipinski definition) is 0. The molecule has 0 unspecified atom stereocenters. The van der Waals surface area contributed by atoms with E-state index in [1.165, 1.54) is 6.42 Å². The minimum absolute atomic E-state index is 0.511. The minimum Gasteiger partial charge on any atom is -0.239 e. The molecular formula is C9H11Cl2NS. The lowest BCUT2D eigenvalue weighted by molar-refractivity contribution is 1.10. The highest BCUT2D eigenvalue weighted by molar-refractivity contribution is 7.98. The molecule has 1 nitrogen and oxygen atoms in total. The molecule has 1 aromatic heterocycles. The van der Waals surface area contributed by atoms with E-state index in [0.29, 0.717) is 10.2 Å². The van der Waals surface area contributed by atoms with E-state index in [0.717, 1.165) is 17.2 Å². The predicted octanol–water partition coefficient (Wildman–Crippen LogP) is 4.03. The summed E-state index contributed by atoms with van der Waals surface area (Å²) in [5.74, 6) is 1.97. The molecule has 13 heavy (non-hydrogen) atoms. The second-order valence-corrected chi connectivity index (χ2v) is 4.51. The summed E-state index contributed by atoms with van der Waals surface area (Å²) in [7, 11) is 0. The molecule has 0 spiro atoms. The summed E-state index contributed by atoms with van der Waals surface area (Å²) in [4.78, 5) is 4.16. The van der Waals surface area contributed by atoms with Gasteiger partial charge in [0.2, 0.25) is 0 Å². The topological polar surface area (TPSA) is 12.9 Å². The molecule has 1 heterocycles. The Labute approximate surface area is 92.8 Å². The number of hydrogen-bond acceptors (Lipinski definition) is 2. The van der Waals surface area contributed by atoms with Crippen LogP contribution in [-0.4, -0.2) is 10.7 Å². The summed E-state index contributed by atoms with van der Waals surface area (Å²) in [6.45, 7) is 2.15. The van der Waals surface area contributed by atoms with Crippen molar-refractivity contribution in [1.82, 2.24) is 4.98 Å². The van der Waals surface area contributed by atoms with Gasteiger partial charge < -0.3 is 0 Å². The van der Waals surface area contributed by atoms with Crippen molar-refractivity contribution in [2.75, 3.05) is 5.75 Å². The van der Waals surface area contributed by atoms with Gasteiger partial charge in [-0.25, -0.2) is 4.98 Å². The second kappa shape index (κ2) is 5.74. The molecule has 0 amide bonds. The summed E-state index contributed by atoms with van der Waals surface area (Å²) < 4.78 is 0. The van der Waals surface area contributed by atoms with Crippen molar-refractivity contribution in [2.24, 2.45) is 0 Å². The van der Waals surface area contributed by atoms with Gasteiger partial charge in [-0.05, 0) is 24.3 Å². The summed E-state index contributed by atoms with van der Waals surface area (Å²) >= 11 is 13.5. The smallest absolute Gasteiger partial charge is 0.129 e. The van der Waals surface area contributed by atoms with E-state index in [4.69, 9.17) is 23.2 Å². The minimum atomic E-state index is 0.511. The summed E-state index contributed by atoms with van der Waals surface area (Å²) in [6.07, 6.45) is 1.17. The zero-order chi connectivity index (χ0) is 9.68. The number of rotatable bonds is 4. The van der Waals surface area contributed by atoms with E-state index < -0.39 is 0 Å². The first-order valence-corrected chi connectivity index (χ1v) is 6.03. The van der Waals surface area contributed by atoms with Gasteiger partial charge in [-0.2, -0.15) is 11.8 Å². The Balaban J connectivity index is 2.59. The average Bonchev–Trinajstić information content (AvgIpc) is 2.11. The van der Waals surface area contributed by atoms with Crippen LogP contribution in [0.5, 0.6) is 0 Å². The zero-order valence-corrected chi connectivity index (χ0v) is 9.72. The van der Waals surface area contributed by atoms with Crippen LogP contribution in [0.15, 0.2) is 12.1 Å². The van der Waals surface area contributed by atoms with Gasteiger partial charge in [0.25, 0.3) is 0 Å². The molecule has 0 saturated heterocycles. The van der Waals surface area contributed by atoms with Crippen LogP contribution in [0.25, 0.3) is 0 Å². The second-order valence-electron chi connectivity index (χ2n) is 2.62. The number of aromatic nitrogens is 1. The lowest BCUT2D eigenvalue weighted by Gasteiger charge is -2.02. The van der Waals surface area contributed by atoms with Crippen molar-refractivity contribution < 1.29 is 0 Å². The Kier molecular flexibility index (Phi) is 4.92. The van der Waals surface area contributed by atoms with Crippen molar-refractivity contribution in [3.63, 3.8) is 0 Å². The molecular weight excluding hydrogens is 225 g/mol. The SMILES string of the molecule is CCCSCc1nc(Cl)ccc1Cl. The Hall–Kier alpha value is 0.0800. The number of halogens is 2. The fourth-order valence-electron chi connectivity index (χ4n) is 0.872. The summed E-state index contributed by atoms with van der Waals surface area (Å²) in [6, 6.07) is 3.50. The van der Waals surface area contributed by atoms with Crippen LogP contribution < -0.4 is 0 Å². The summed E-state index contributed by atoms with van der Waals surface area (Å²) in [5.41, 5.74) is 0.882. The van der Waals surface area contributed by atoms with Gasteiger partial charge in [0.1, 0.15) is 5.15 Å². The molecule has 0 aliphatic rings.